The molecule has 2 rings (SSSR count). The zero-order chi connectivity index (χ0) is 13.0. The molecule has 0 saturated heterocycles. The molecule has 4 heteroatoms. The number of benzene rings is 1. The van der Waals surface area contributed by atoms with Crippen molar-refractivity contribution in [1.29, 1.82) is 0 Å². The normalized spacial score (nSPS) is 17.1. The van der Waals surface area contributed by atoms with E-state index in [1.165, 1.54) is 6.42 Å². The van der Waals surface area contributed by atoms with E-state index in [1.807, 2.05) is 25.2 Å². The Kier molecular flexibility index (Phi) is 4.44. The molecule has 1 unspecified atom stereocenters. The molecular weight excluding hydrogens is 230 g/mol. The van der Waals surface area contributed by atoms with Crippen molar-refractivity contribution < 1.29 is 14.6 Å². The first-order valence-corrected chi connectivity index (χ1v) is 6.42. The van der Waals surface area contributed by atoms with Crippen LogP contribution < -0.4 is 14.8 Å². The summed E-state index contributed by atoms with van der Waals surface area (Å²) in [5.74, 6) is 1.38. The predicted octanol–water partition coefficient (Wildman–Crippen LogP) is 1.88. The van der Waals surface area contributed by atoms with Gasteiger partial charge in [-0.2, -0.15) is 0 Å². The average molecular weight is 251 g/mol. The number of aliphatic hydroxyl groups is 1. The van der Waals surface area contributed by atoms with E-state index in [0.717, 1.165) is 18.4 Å². The molecule has 0 amide bonds. The lowest BCUT2D eigenvalue weighted by Crippen LogP contribution is -2.26. The number of likely N-dealkylation sites (N-methyl/N-ethyl adjacent to an activating group) is 1. The van der Waals surface area contributed by atoms with E-state index in [1.54, 1.807) is 7.11 Å². The first kappa shape index (κ1) is 13.2. The maximum Gasteiger partial charge on any atom is 0.167 e. The minimum absolute atomic E-state index is 0.266. The lowest BCUT2D eigenvalue weighted by atomic mass is 9.96. The Morgan fingerprint density at radius 3 is 2.78 bits per heavy atom. The third kappa shape index (κ3) is 2.76. The van der Waals surface area contributed by atoms with Crippen molar-refractivity contribution in [3.63, 3.8) is 0 Å². The van der Waals surface area contributed by atoms with Crippen LogP contribution in [0.3, 0.4) is 0 Å². The van der Waals surface area contributed by atoms with Gasteiger partial charge in [-0.05, 0) is 32.4 Å². The molecule has 2 N–H and O–H groups in total. The summed E-state index contributed by atoms with van der Waals surface area (Å²) in [6.07, 6.45) is 3.06. The first-order valence-electron chi connectivity index (χ1n) is 6.42. The SMILES string of the molecule is CNCC(O)c1cccc(OC)c1OC1CCC1. The van der Waals surface area contributed by atoms with Gasteiger partial charge in [0, 0.05) is 12.1 Å². The third-order valence-corrected chi connectivity index (χ3v) is 3.32. The molecule has 0 spiro atoms. The molecule has 0 radical (unpaired) electrons. The Labute approximate surface area is 108 Å². The predicted molar refractivity (Wildman–Crippen MR) is 70.1 cm³/mol. The number of aliphatic hydroxyl groups excluding tert-OH is 1. The Morgan fingerprint density at radius 1 is 1.44 bits per heavy atom. The van der Waals surface area contributed by atoms with E-state index in [2.05, 4.69) is 5.32 Å². The Bertz CT molecular complexity index is 391. The summed E-state index contributed by atoms with van der Waals surface area (Å²) in [5.41, 5.74) is 0.788. The minimum atomic E-state index is -0.583. The van der Waals surface area contributed by atoms with Crippen LogP contribution in [0.5, 0.6) is 11.5 Å². The molecular formula is C14H21NO3. The number of ether oxygens (including phenoxy) is 2. The average Bonchev–Trinajstić information content (AvgIpc) is 2.33. The Hall–Kier alpha value is -1.26. The summed E-state index contributed by atoms with van der Waals surface area (Å²) in [4.78, 5) is 0. The highest BCUT2D eigenvalue weighted by Crippen LogP contribution is 2.38. The zero-order valence-electron chi connectivity index (χ0n) is 11.0. The molecule has 1 aliphatic carbocycles. The molecule has 18 heavy (non-hydrogen) atoms. The highest BCUT2D eigenvalue weighted by Gasteiger charge is 2.24. The van der Waals surface area contributed by atoms with Gasteiger partial charge in [-0.15, -0.1) is 0 Å². The molecule has 1 atom stereocenters. The van der Waals surface area contributed by atoms with Crippen molar-refractivity contribution in [3.8, 4) is 11.5 Å². The maximum atomic E-state index is 10.1. The van der Waals surface area contributed by atoms with Gasteiger partial charge in [0.15, 0.2) is 11.5 Å². The fourth-order valence-electron chi connectivity index (χ4n) is 2.04. The van der Waals surface area contributed by atoms with E-state index >= 15 is 0 Å². The lowest BCUT2D eigenvalue weighted by molar-refractivity contribution is 0.106. The molecule has 0 aliphatic heterocycles. The van der Waals surface area contributed by atoms with Crippen LogP contribution in [-0.2, 0) is 0 Å². The smallest absolute Gasteiger partial charge is 0.167 e. The van der Waals surface area contributed by atoms with Gasteiger partial charge >= 0.3 is 0 Å². The second-order valence-electron chi connectivity index (χ2n) is 4.62. The molecule has 1 saturated carbocycles. The van der Waals surface area contributed by atoms with Gasteiger partial charge in [0.05, 0.1) is 19.3 Å². The first-order chi connectivity index (χ1) is 8.76. The van der Waals surface area contributed by atoms with Gasteiger partial charge in [-0.25, -0.2) is 0 Å². The van der Waals surface area contributed by atoms with Crippen molar-refractivity contribution in [2.24, 2.45) is 0 Å². The molecule has 100 valence electrons. The summed E-state index contributed by atoms with van der Waals surface area (Å²) in [6.45, 7) is 0.494. The minimum Gasteiger partial charge on any atom is -0.493 e. The fourth-order valence-corrected chi connectivity index (χ4v) is 2.04. The Morgan fingerprint density at radius 2 is 2.22 bits per heavy atom. The molecule has 1 aliphatic rings. The second-order valence-corrected chi connectivity index (χ2v) is 4.62. The van der Waals surface area contributed by atoms with Gasteiger partial charge in [0.1, 0.15) is 0 Å². The monoisotopic (exact) mass is 251 g/mol. The van der Waals surface area contributed by atoms with Gasteiger partial charge in [0.2, 0.25) is 0 Å². The summed E-state index contributed by atoms with van der Waals surface area (Å²) < 4.78 is 11.3. The standard InChI is InChI=1S/C14H21NO3/c1-15-9-12(16)11-7-4-8-13(17-2)14(11)18-10-5-3-6-10/h4,7-8,10,12,15-16H,3,5-6,9H2,1-2H3. The van der Waals surface area contributed by atoms with E-state index in [0.29, 0.717) is 18.0 Å². The summed E-state index contributed by atoms with van der Waals surface area (Å²) >= 11 is 0. The summed E-state index contributed by atoms with van der Waals surface area (Å²) in [7, 11) is 3.44. The van der Waals surface area contributed by atoms with E-state index in [9.17, 15) is 5.11 Å². The van der Waals surface area contributed by atoms with Crippen LogP contribution in [0.1, 0.15) is 30.9 Å². The summed E-state index contributed by atoms with van der Waals surface area (Å²) in [6, 6.07) is 5.63. The largest absolute Gasteiger partial charge is 0.493 e. The molecule has 0 bridgehead atoms. The van der Waals surface area contributed by atoms with E-state index < -0.39 is 6.10 Å². The lowest BCUT2D eigenvalue weighted by Gasteiger charge is -2.29. The highest BCUT2D eigenvalue weighted by atomic mass is 16.5. The maximum absolute atomic E-state index is 10.1. The quantitative estimate of drug-likeness (QED) is 0.810. The molecule has 1 aromatic carbocycles. The molecule has 1 fully saturated rings. The fraction of sp³-hybridized carbons (Fsp3) is 0.571. The zero-order valence-corrected chi connectivity index (χ0v) is 11.0. The molecule has 4 nitrogen and oxygen atoms in total. The van der Waals surface area contributed by atoms with Crippen molar-refractivity contribution in [1.82, 2.24) is 5.32 Å². The van der Waals surface area contributed by atoms with Gasteiger partial charge in [-0.3, -0.25) is 0 Å². The van der Waals surface area contributed by atoms with Crippen LogP contribution in [-0.4, -0.2) is 31.9 Å². The number of methoxy groups -OCH3 is 1. The van der Waals surface area contributed by atoms with Gasteiger partial charge in [0.25, 0.3) is 0 Å². The van der Waals surface area contributed by atoms with Crippen LogP contribution in [0.4, 0.5) is 0 Å². The summed E-state index contributed by atoms with van der Waals surface area (Å²) in [5, 5.41) is 13.1. The van der Waals surface area contributed by atoms with Crippen molar-refractivity contribution in [2.75, 3.05) is 20.7 Å². The molecule has 0 heterocycles. The van der Waals surface area contributed by atoms with Crippen LogP contribution in [0.15, 0.2) is 18.2 Å². The van der Waals surface area contributed by atoms with Crippen molar-refractivity contribution >= 4 is 0 Å². The van der Waals surface area contributed by atoms with Crippen molar-refractivity contribution in [3.05, 3.63) is 23.8 Å². The molecule has 0 aromatic heterocycles. The van der Waals surface area contributed by atoms with Crippen LogP contribution in [0.25, 0.3) is 0 Å². The second kappa shape index (κ2) is 6.07. The Balaban J connectivity index is 2.24. The number of rotatable bonds is 6. The van der Waals surface area contributed by atoms with Crippen LogP contribution in [0, 0.1) is 0 Å². The van der Waals surface area contributed by atoms with Crippen molar-refractivity contribution in [2.45, 2.75) is 31.5 Å². The van der Waals surface area contributed by atoms with Crippen LogP contribution >= 0.6 is 0 Å². The van der Waals surface area contributed by atoms with Crippen LogP contribution in [0.2, 0.25) is 0 Å². The number of hydrogen-bond acceptors (Lipinski definition) is 4. The number of para-hydroxylation sites is 1. The molecule has 1 aromatic rings. The number of nitrogens with one attached hydrogen (secondary N) is 1. The highest BCUT2D eigenvalue weighted by molar-refractivity contribution is 5.48. The van der Waals surface area contributed by atoms with Gasteiger partial charge in [-0.1, -0.05) is 12.1 Å². The van der Waals surface area contributed by atoms with E-state index in [4.69, 9.17) is 9.47 Å². The van der Waals surface area contributed by atoms with E-state index in [-0.39, 0.29) is 6.10 Å². The third-order valence-electron chi connectivity index (χ3n) is 3.32. The topological polar surface area (TPSA) is 50.7 Å². The van der Waals surface area contributed by atoms with Gasteiger partial charge < -0.3 is 19.9 Å². The number of hydrogen-bond donors (Lipinski definition) is 2.